The SMILES string of the molecule is O=C(c1ccccc1[N+](=O)[O-])N1CCCN(S(=O)(=O)c2ccc(F)cc2)CC1. The van der Waals surface area contributed by atoms with E-state index >= 15 is 0 Å². The number of nitrogens with zero attached hydrogens (tertiary/aromatic N) is 3. The van der Waals surface area contributed by atoms with Crippen LogP contribution in [-0.4, -0.2) is 54.6 Å². The van der Waals surface area contributed by atoms with Crippen LogP contribution in [0.15, 0.2) is 53.4 Å². The topological polar surface area (TPSA) is 101 Å². The van der Waals surface area contributed by atoms with Gasteiger partial charge in [-0.1, -0.05) is 12.1 Å². The first kappa shape index (κ1) is 19.9. The van der Waals surface area contributed by atoms with Crippen LogP contribution in [0.5, 0.6) is 0 Å². The molecule has 0 radical (unpaired) electrons. The molecular formula is C18H18FN3O5S. The number of carbonyl (C=O) groups is 1. The van der Waals surface area contributed by atoms with Crippen LogP contribution in [0.1, 0.15) is 16.8 Å². The molecule has 0 bridgehead atoms. The van der Waals surface area contributed by atoms with Crippen LogP contribution in [-0.2, 0) is 10.0 Å². The highest BCUT2D eigenvalue weighted by atomic mass is 32.2. The zero-order chi connectivity index (χ0) is 20.3. The van der Waals surface area contributed by atoms with Gasteiger partial charge in [0.05, 0.1) is 9.82 Å². The van der Waals surface area contributed by atoms with Gasteiger partial charge in [-0.3, -0.25) is 14.9 Å². The smallest absolute Gasteiger partial charge is 0.282 e. The van der Waals surface area contributed by atoms with E-state index < -0.39 is 26.7 Å². The summed E-state index contributed by atoms with van der Waals surface area (Å²) in [6.45, 7) is 0.623. The second-order valence-corrected chi connectivity index (χ2v) is 8.22. The Morgan fingerprint density at radius 1 is 1.00 bits per heavy atom. The Hall–Kier alpha value is -2.85. The van der Waals surface area contributed by atoms with Gasteiger partial charge in [0.2, 0.25) is 10.0 Å². The molecule has 1 aliphatic heterocycles. The molecule has 0 N–H and O–H groups in total. The lowest BCUT2D eigenvalue weighted by atomic mass is 10.1. The molecule has 0 aliphatic carbocycles. The van der Waals surface area contributed by atoms with Crippen LogP contribution in [0.2, 0.25) is 0 Å². The fourth-order valence-electron chi connectivity index (χ4n) is 3.08. The fraction of sp³-hybridized carbons (Fsp3) is 0.278. The number of nitro groups is 1. The standard InChI is InChI=1S/C18H18FN3O5S/c19-14-6-8-15(9-7-14)28(26,27)21-11-3-10-20(12-13-21)18(23)16-4-1-2-5-17(16)22(24)25/h1-2,4-9H,3,10-13H2. The molecule has 0 aromatic heterocycles. The number of rotatable bonds is 4. The van der Waals surface area contributed by atoms with Crippen molar-refractivity contribution in [3.8, 4) is 0 Å². The summed E-state index contributed by atoms with van der Waals surface area (Å²) in [5.41, 5.74) is -0.310. The van der Waals surface area contributed by atoms with Crippen molar-refractivity contribution in [2.24, 2.45) is 0 Å². The first-order valence-corrected chi connectivity index (χ1v) is 10.0. The van der Waals surface area contributed by atoms with Gasteiger partial charge in [0.25, 0.3) is 11.6 Å². The number of hydrogen-bond donors (Lipinski definition) is 0. The van der Waals surface area contributed by atoms with Gasteiger partial charge < -0.3 is 4.90 Å². The van der Waals surface area contributed by atoms with Crippen LogP contribution >= 0.6 is 0 Å². The molecule has 1 amide bonds. The number of sulfonamides is 1. The minimum atomic E-state index is -3.82. The van der Waals surface area contributed by atoms with Gasteiger partial charge in [0.15, 0.2) is 0 Å². The Bertz CT molecular complexity index is 995. The first-order valence-electron chi connectivity index (χ1n) is 8.59. The van der Waals surface area contributed by atoms with Gasteiger partial charge in [0, 0.05) is 32.2 Å². The second kappa shape index (κ2) is 8.03. The quantitative estimate of drug-likeness (QED) is 0.572. The van der Waals surface area contributed by atoms with E-state index in [-0.39, 0.29) is 42.3 Å². The highest BCUT2D eigenvalue weighted by molar-refractivity contribution is 7.89. The molecule has 0 saturated carbocycles. The van der Waals surface area contributed by atoms with Crippen molar-refractivity contribution in [3.63, 3.8) is 0 Å². The molecule has 0 spiro atoms. The molecule has 2 aromatic rings. The van der Waals surface area contributed by atoms with E-state index in [0.717, 1.165) is 12.1 Å². The molecule has 1 fully saturated rings. The summed E-state index contributed by atoms with van der Waals surface area (Å²) in [6, 6.07) is 10.2. The Kier molecular flexibility index (Phi) is 5.71. The van der Waals surface area contributed by atoms with Gasteiger partial charge in [-0.25, -0.2) is 12.8 Å². The van der Waals surface area contributed by atoms with Crippen molar-refractivity contribution >= 4 is 21.6 Å². The molecular weight excluding hydrogens is 389 g/mol. The van der Waals surface area contributed by atoms with Crippen LogP contribution in [0.3, 0.4) is 0 Å². The Labute approximate surface area is 161 Å². The summed E-state index contributed by atoms with van der Waals surface area (Å²) in [4.78, 5) is 24.7. The maximum Gasteiger partial charge on any atom is 0.282 e. The molecule has 1 heterocycles. The van der Waals surface area contributed by atoms with Gasteiger partial charge in [-0.2, -0.15) is 4.31 Å². The molecule has 1 aliphatic rings. The number of benzene rings is 2. The third kappa shape index (κ3) is 4.02. The lowest BCUT2D eigenvalue weighted by Crippen LogP contribution is -2.37. The van der Waals surface area contributed by atoms with E-state index in [1.807, 2.05) is 0 Å². The Morgan fingerprint density at radius 3 is 2.36 bits per heavy atom. The number of halogens is 1. The summed E-state index contributed by atoms with van der Waals surface area (Å²) in [5, 5.41) is 11.2. The van der Waals surface area contributed by atoms with Gasteiger partial charge in [0.1, 0.15) is 11.4 Å². The first-order chi connectivity index (χ1) is 13.3. The maximum atomic E-state index is 13.1. The highest BCUT2D eigenvalue weighted by Gasteiger charge is 2.30. The fourth-order valence-corrected chi connectivity index (χ4v) is 4.55. The predicted octanol–water partition coefficient (Wildman–Crippen LogP) is 2.27. The van der Waals surface area contributed by atoms with E-state index in [1.54, 1.807) is 6.07 Å². The molecule has 148 valence electrons. The van der Waals surface area contributed by atoms with Crippen molar-refractivity contribution in [1.82, 2.24) is 9.21 Å². The number of amides is 1. The maximum absolute atomic E-state index is 13.1. The number of nitro benzene ring substituents is 1. The molecule has 0 unspecified atom stereocenters. The average molecular weight is 407 g/mol. The van der Waals surface area contributed by atoms with Crippen molar-refractivity contribution in [2.75, 3.05) is 26.2 Å². The van der Waals surface area contributed by atoms with E-state index in [0.29, 0.717) is 6.42 Å². The lowest BCUT2D eigenvalue weighted by Gasteiger charge is -2.22. The Morgan fingerprint density at radius 2 is 1.68 bits per heavy atom. The normalized spacial score (nSPS) is 15.8. The number of para-hydroxylation sites is 1. The highest BCUT2D eigenvalue weighted by Crippen LogP contribution is 2.22. The third-order valence-electron chi connectivity index (χ3n) is 4.52. The second-order valence-electron chi connectivity index (χ2n) is 6.28. The van der Waals surface area contributed by atoms with Crippen molar-refractivity contribution in [1.29, 1.82) is 0 Å². The van der Waals surface area contributed by atoms with E-state index in [4.69, 9.17) is 0 Å². The van der Waals surface area contributed by atoms with E-state index in [9.17, 15) is 27.7 Å². The van der Waals surface area contributed by atoms with Gasteiger partial charge >= 0.3 is 0 Å². The van der Waals surface area contributed by atoms with Crippen molar-refractivity contribution < 1.29 is 22.5 Å². The van der Waals surface area contributed by atoms with Gasteiger partial charge in [-0.05, 0) is 36.8 Å². The summed E-state index contributed by atoms with van der Waals surface area (Å²) >= 11 is 0. The summed E-state index contributed by atoms with van der Waals surface area (Å²) < 4.78 is 39.8. The summed E-state index contributed by atoms with van der Waals surface area (Å²) in [5.74, 6) is -1.04. The van der Waals surface area contributed by atoms with Crippen LogP contribution in [0.4, 0.5) is 10.1 Å². The summed E-state index contributed by atoms with van der Waals surface area (Å²) in [6.07, 6.45) is 0.382. The monoisotopic (exact) mass is 407 g/mol. The zero-order valence-electron chi connectivity index (χ0n) is 14.8. The van der Waals surface area contributed by atoms with Crippen molar-refractivity contribution in [2.45, 2.75) is 11.3 Å². The third-order valence-corrected chi connectivity index (χ3v) is 6.44. The predicted molar refractivity (Wildman–Crippen MR) is 98.8 cm³/mol. The van der Waals surface area contributed by atoms with Crippen LogP contribution < -0.4 is 0 Å². The molecule has 28 heavy (non-hydrogen) atoms. The molecule has 2 aromatic carbocycles. The molecule has 0 atom stereocenters. The van der Waals surface area contributed by atoms with Crippen LogP contribution in [0, 0.1) is 15.9 Å². The van der Waals surface area contributed by atoms with E-state index in [1.165, 1.54) is 39.5 Å². The van der Waals surface area contributed by atoms with Crippen molar-refractivity contribution in [3.05, 3.63) is 70.0 Å². The molecule has 8 nitrogen and oxygen atoms in total. The van der Waals surface area contributed by atoms with Gasteiger partial charge in [-0.15, -0.1) is 0 Å². The average Bonchev–Trinajstić information content (AvgIpc) is 2.94. The minimum Gasteiger partial charge on any atom is -0.337 e. The Balaban J connectivity index is 1.77. The molecule has 1 saturated heterocycles. The summed E-state index contributed by atoms with van der Waals surface area (Å²) in [7, 11) is -3.82. The largest absolute Gasteiger partial charge is 0.337 e. The lowest BCUT2D eigenvalue weighted by molar-refractivity contribution is -0.385. The zero-order valence-corrected chi connectivity index (χ0v) is 15.6. The molecule has 3 rings (SSSR count). The molecule has 10 heteroatoms. The van der Waals surface area contributed by atoms with E-state index in [2.05, 4.69) is 0 Å². The number of carbonyl (C=O) groups excluding carboxylic acids is 1. The minimum absolute atomic E-state index is 0.0210. The number of hydrogen-bond acceptors (Lipinski definition) is 5. The van der Waals surface area contributed by atoms with Crippen LogP contribution in [0.25, 0.3) is 0 Å².